The lowest BCUT2D eigenvalue weighted by molar-refractivity contribution is -0.139. The van der Waals surface area contributed by atoms with Gasteiger partial charge in [-0.3, -0.25) is 4.79 Å². The van der Waals surface area contributed by atoms with Gasteiger partial charge in [0.1, 0.15) is 12.4 Å². The smallest absolute Gasteiger partial charge is 0.254 e. The number of hydrogen-bond acceptors (Lipinski definition) is 3. The van der Waals surface area contributed by atoms with Crippen molar-refractivity contribution in [2.45, 2.75) is 45.3 Å². The Bertz CT molecular complexity index is 732. The van der Waals surface area contributed by atoms with E-state index in [0.29, 0.717) is 6.61 Å². The quantitative estimate of drug-likeness (QED) is 0.866. The lowest BCUT2D eigenvalue weighted by Crippen LogP contribution is -2.41. The van der Waals surface area contributed by atoms with Crippen LogP contribution in [0.5, 0.6) is 5.75 Å². The van der Waals surface area contributed by atoms with Crippen LogP contribution in [0.4, 0.5) is 0 Å². The van der Waals surface area contributed by atoms with Crippen LogP contribution in [0.3, 0.4) is 0 Å². The Morgan fingerprint density at radius 2 is 1.60 bits per heavy atom. The summed E-state index contributed by atoms with van der Waals surface area (Å²) in [5.41, 5.74) is 7.30. The Labute approximate surface area is 150 Å². The third-order valence-corrected chi connectivity index (χ3v) is 4.52. The molecule has 0 aliphatic carbocycles. The highest BCUT2D eigenvalue weighted by Crippen LogP contribution is 2.29. The van der Waals surface area contributed by atoms with Gasteiger partial charge >= 0.3 is 0 Å². The van der Waals surface area contributed by atoms with Crippen LogP contribution in [0, 0.1) is 0 Å². The number of carbonyl (C=O) groups is 1. The number of ether oxygens (including phenoxy) is 2. The summed E-state index contributed by atoms with van der Waals surface area (Å²) in [5, 5.41) is 0. The third-order valence-electron chi connectivity index (χ3n) is 4.52. The van der Waals surface area contributed by atoms with Gasteiger partial charge in [-0.2, -0.15) is 0 Å². The maximum atomic E-state index is 11.9. The van der Waals surface area contributed by atoms with Gasteiger partial charge in [0.25, 0.3) is 5.91 Å². The molecule has 4 heteroatoms. The molecule has 2 aromatic carbocycles. The Kier molecular flexibility index (Phi) is 5.53. The first-order valence-corrected chi connectivity index (χ1v) is 8.35. The van der Waals surface area contributed by atoms with Crippen molar-refractivity contribution in [2.75, 3.05) is 7.11 Å². The number of rotatable bonds is 6. The zero-order valence-electron chi connectivity index (χ0n) is 15.6. The second kappa shape index (κ2) is 7.28. The van der Waals surface area contributed by atoms with Gasteiger partial charge in [0.2, 0.25) is 0 Å². The van der Waals surface area contributed by atoms with Crippen molar-refractivity contribution >= 4 is 5.91 Å². The summed E-state index contributed by atoms with van der Waals surface area (Å²) in [7, 11) is 1.48. The molecule has 1 unspecified atom stereocenters. The predicted molar refractivity (Wildman–Crippen MR) is 99.5 cm³/mol. The van der Waals surface area contributed by atoms with E-state index in [1.54, 1.807) is 6.92 Å². The van der Waals surface area contributed by atoms with Gasteiger partial charge in [-0.05, 0) is 41.2 Å². The Hall–Kier alpha value is -2.33. The second-order valence-electron chi connectivity index (χ2n) is 7.32. The Balaban J connectivity index is 2.21. The molecule has 4 nitrogen and oxygen atoms in total. The zero-order valence-corrected chi connectivity index (χ0v) is 15.6. The molecule has 2 N–H and O–H groups in total. The van der Waals surface area contributed by atoms with Crippen LogP contribution in [0.2, 0.25) is 0 Å². The van der Waals surface area contributed by atoms with E-state index in [1.807, 2.05) is 36.4 Å². The van der Waals surface area contributed by atoms with Crippen LogP contribution in [-0.4, -0.2) is 13.0 Å². The van der Waals surface area contributed by atoms with Crippen LogP contribution in [0.15, 0.2) is 48.5 Å². The molecule has 0 spiro atoms. The third kappa shape index (κ3) is 4.20. The van der Waals surface area contributed by atoms with Crippen LogP contribution >= 0.6 is 0 Å². The molecule has 25 heavy (non-hydrogen) atoms. The largest absolute Gasteiger partial charge is 0.489 e. The monoisotopic (exact) mass is 341 g/mol. The highest BCUT2D eigenvalue weighted by atomic mass is 16.5. The summed E-state index contributed by atoms with van der Waals surface area (Å²) in [6.45, 7) is 8.53. The molecule has 0 bridgehead atoms. The van der Waals surface area contributed by atoms with Crippen LogP contribution in [-0.2, 0) is 27.2 Å². The molecule has 134 valence electrons. The van der Waals surface area contributed by atoms with Gasteiger partial charge in [0.15, 0.2) is 5.60 Å². The standard InChI is InChI=1S/C21H27NO3/c1-20(2,3)16-10-12-17(13-11-16)25-14-15-8-6-7-9-18(15)21(4,24-5)19(22)23/h6-13H,14H2,1-5H3,(H2,22,23). The summed E-state index contributed by atoms with van der Waals surface area (Å²) in [5.74, 6) is 0.248. The fraction of sp³-hybridized carbons (Fsp3) is 0.381. The Morgan fingerprint density at radius 1 is 1.00 bits per heavy atom. The number of hydrogen-bond donors (Lipinski definition) is 1. The molecule has 0 aliphatic heterocycles. The number of carbonyl (C=O) groups excluding carboxylic acids is 1. The molecular formula is C21H27NO3. The van der Waals surface area contributed by atoms with Crippen molar-refractivity contribution in [3.8, 4) is 5.75 Å². The number of amides is 1. The van der Waals surface area contributed by atoms with Crippen molar-refractivity contribution in [2.24, 2.45) is 5.73 Å². The first kappa shape index (κ1) is 19.0. The summed E-state index contributed by atoms with van der Waals surface area (Å²) in [6.07, 6.45) is 0. The molecule has 0 saturated carbocycles. The topological polar surface area (TPSA) is 61.5 Å². The molecule has 0 radical (unpaired) electrons. The molecular weight excluding hydrogens is 314 g/mol. The van der Waals surface area contributed by atoms with E-state index in [2.05, 4.69) is 32.9 Å². The van der Waals surface area contributed by atoms with E-state index in [-0.39, 0.29) is 5.41 Å². The van der Waals surface area contributed by atoms with Gasteiger partial charge in [0, 0.05) is 7.11 Å². The van der Waals surface area contributed by atoms with E-state index in [9.17, 15) is 4.79 Å². The number of methoxy groups -OCH3 is 1. The van der Waals surface area contributed by atoms with E-state index in [0.717, 1.165) is 16.9 Å². The lowest BCUT2D eigenvalue weighted by Gasteiger charge is -2.27. The minimum atomic E-state index is -1.18. The number of benzene rings is 2. The van der Waals surface area contributed by atoms with E-state index in [1.165, 1.54) is 12.7 Å². The SMILES string of the molecule is COC(C)(C(N)=O)c1ccccc1COc1ccc(C(C)(C)C)cc1. The fourth-order valence-electron chi connectivity index (χ4n) is 2.67. The molecule has 1 atom stereocenters. The Morgan fingerprint density at radius 3 is 2.12 bits per heavy atom. The van der Waals surface area contributed by atoms with E-state index >= 15 is 0 Å². The summed E-state index contributed by atoms with van der Waals surface area (Å²) in [4.78, 5) is 11.9. The maximum Gasteiger partial charge on any atom is 0.254 e. The van der Waals surface area contributed by atoms with Gasteiger partial charge in [-0.25, -0.2) is 0 Å². The zero-order chi connectivity index (χ0) is 18.7. The molecule has 0 heterocycles. The molecule has 0 fully saturated rings. The maximum absolute atomic E-state index is 11.9. The van der Waals surface area contributed by atoms with E-state index < -0.39 is 11.5 Å². The van der Waals surface area contributed by atoms with Crippen LogP contribution < -0.4 is 10.5 Å². The van der Waals surface area contributed by atoms with Crippen LogP contribution in [0.1, 0.15) is 44.4 Å². The molecule has 0 aliphatic rings. The highest BCUT2D eigenvalue weighted by Gasteiger charge is 2.35. The van der Waals surface area contributed by atoms with Crippen molar-refractivity contribution < 1.29 is 14.3 Å². The first-order chi connectivity index (χ1) is 11.7. The second-order valence-corrected chi connectivity index (χ2v) is 7.32. The summed E-state index contributed by atoms with van der Waals surface area (Å²) >= 11 is 0. The van der Waals surface area contributed by atoms with Gasteiger partial charge in [-0.1, -0.05) is 57.2 Å². The summed E-state index contributed by atoms with van der Waals surface area (Å²) in [6, 6.07) is 15.6. The van der Waals surface area contributed by atoms with E-state index in [4.69, 9.17) is 15.2 Å². The van der Waals surface area contributed by atoms with Crippen molar-refractivity contribution in [1.82, 2.24) is 0 Å². The molecule has 2 rings (SSSR count). The minimum Gasteiger partial charge on any atom is -0.489 e. The molecule has 2 aromatic rings. The van der Waals surface area contributed by atoms with Gasteiger partial charge in [0.05, 0.1) is 0 Å². The summed E-state index contributed by atoms with van der Waals surface area (Å²) < 4.78 is 11.3. The van der Waals surface area contributed by atoms with Crippen molar-refractivity contribution in [3.63, 3.8) is 0 Å². The van der Waals surface area contributed by atoms with Gasteiger partial charge in [-0.15, -0.1) is 0 Å². The molecule has 0 aromatic heterocycles. The van der Waals surface area contributed by atoms with Gasteiger partial charge < -0.3 is 15.2 Å². The van der Waals surface area contributed by atoms with Crippen molar-refractivity contribution in [1.29, 1.82) is 0 Å². The van der Waals surface area contributed by atoms with Crippen LogP contribution in [0.25, 0.3) is 0 Å². The first-order valence-electron chi connectivity index (χ1n) is 8.35. The molecule has 0 saturated heterocycles. The predicted octanol–water partition coefficient (Wildman–Crippen LogP) is 3.91. The molecule has 1 amide bonds. The minimum absolute atomic E-state index is 0.104. The van der Waals surface area contributed by atoms with Crippen molar-refractivity contribution in [3.05, 3.63) is 65.2 Å². The average Bonchev–Trinajstić information content (AvgIpc) is 2.59. The lowest BCUT2D eigenvalue weighted by atomic mass is 9.87. The fourth-order valence-corrected chi connectivity index (χ4v) is 2.67. The average molecular weight is 341 g/mol. The number of nitrogens with two attached hydrogens (primary N) is 1. The number of primary amides is 1. The normalized spacial score (nSPS) is 14.0. The highest BCUT2D eigenvalue weighted by molar-refractivity contribution is 5.85.